The average molecular weight is 225 g/mol. The fraction of sp³-hybridized carbons (Fsp3) is 0.692. The van der Waals surface area contributed by atoms with Crippen molar-refractivity contribution in [3.63, 3.8) is 0 Å². The zero-order valence-corrected chi connectivity index (χ0v) is 10.6. The van der Waals surface area contributed by atoms with Crippen LogP contribution in [0, 0.1) is 5.92 Å². The second-order valence-electron chi connectivity index (χ2n) is 4.45. The van der Waals surface area contributed by atoms with Gasteiger partial charge in [-0.2, -0.15) is 0 Å². The van der Waals surface area contributed by atoms with E-state index in [4.69, 9.17) is 9.15 Å². The zero-order valence-electron chi connectivity index (χ0n) is 10.6. The maximum atomic E-state index is 5.56. The van der Waals surface area contributed by atoms with E-state index in [9.17, 15) is 0 Å². The van der Waals surface area contributed by atoms with Crippen LogP contribution in [0.5, 0.6) is 0 Å². The van der Waals surface area contributed by atoms with Crippen LogP contribution < -0.4 is 5.32 Å². The Morgan fingerprint density at radius 1 is 1.44 bits per heavy atom. The topological polar surface area (TPSA) is 34.4 Å². The van der Waals surface area contributed by atoms with E-state index in [1.54, 1.807) is 6.26 Å². The number of rotatable bonds is 8. The lowest BCUT2D eigenvalue weighted by atomic mass is 10.2. The smallest absolute Gasteiger partial charge is 0.133 e. The molecule has 0 fully saturated rings. The molecule has 0 amide bonds. The van der Waals surface area contributed by atoms with Gasteiger partial charge in [0, 0.05) is 18.7 Å². The van der Waals surface area contributed by atoms with Gasteiger partial charge in [0.05, 0.1) is 6.26 Å². The third-order valence-electron chi connectivity index (χ3n) is 2.26. The van der Waals surface area contributed by atoms with Gasteiger partial charge in [0.25, 0.3) is 0 Å². The van der Waals surface area contributed by atoms with Gasteiger partial charge in [0.1, 0.15) is 12.4 Å². The Labute approximate surface area is 98.2 Å². The maximum Gasteiger partial charge on any atom is 0.133 e. The van der Waals surface area contributed by atoms with E-state index in [2.05, 4.69) is 26.1 Å². The van der Waals surface area contributed by atoms with Crippen molar-refractivity contribution in [2.75, 3.05) is 13.2 Å². The van der Waals surface area contributed by atoms with Crippen LogP contribution in [0.1, 0.15) is 38.5 Å². The lowest BCUT2D eigenvalue weighted by Crippen LogP contribution is -2.14. The van der Waals surface area contributed by atoms with Crippen molar-refractivity contribution in [3.05, 3.63) is 23.7 Å². The molecule has 0 aromatic carbocycles. The van der Waals surface area contributed by atoms with E-state index in [0.717, 1.165) is 31.9 Å². The molecule has 1 N–H and O–H groups in total. The lowest BCUT2D eigenvalue weighted by molar-refractivity contribution is 0.0838. The van der Waals surface area contributed by atoms with Crippen LogP contribution in [0.4, 0.5) is 0 Å². The number of hydrogen-bond acceptors (Lipinski definition) is 3. The monoisotopic (exact) mass is 225 g/mol. The Balaban J connectivity index is 2.32. The molecule has 0 unspecified atom stereocenters. The predicted molar refractivity (Wildman–Crippen MR) is 65.2 cm³/mol. The third kappa shape index (κ3) is 4.81. The molecule has 0 bridgehead atoms. The van der Waals surface area contributed by atoms with Crippen LogP contribution >= 0.6 is 0 Å². The summed E-state index contributed by atoms with van der Waals surface area (Å²) in [7, 11) is 0. The first-order chi connectivity index (χ1) is 7.74. The molecule has 92 valence electrons. The van der Waals surface area contributed by atoms with E-state index in [1.807, 2.05) is 6.07 Å². The van der Waals surface area contributed by atoms with E-state index in [-0.39, 0.29) is 0 Å². The Morgan fingerprint density at radius 3 is 2.94 bits per heavy atom. The second kappa shape index (κ2) is 7.47. The van der Waals surface area contributed by atoms with Crippen LogP contribution in [0.2, 0.25) is 0 Å². The molecule has 3 heteroatoms. The largest absolute Gasteiger partial charge is 0.467 e. The summed E-state index contributed by atoms with van der Waals surface area (Å²) in [5, 5.41) is 3.36. The van der Waals surface area contributed by atoms with E-state index in [1.165, 1.54) is 5.56 Å². The summed E-state index contributed by atoms with van der Waals surface area (Å²) < 4.78 is 11.0. The highest BCUT2D eigenvalue weighted by molar-refractivity contribution is 5.16. The van der Waals surface area contributed by atoms with Crippen molar-refractivity contribution >= 4 is 0 Å². The van der Waals surface area contributed by atoms with Gasteiger partial charge in [-0.25, -0.2) is 0 Å². The van der Waals surface area contributed by atoms with Gasteiger partial charge in [-0.05, 0) is 24.9 Å². The molecule has 0 spiro atoms. The summed E-state index contributed by atoms with van der Waals surface area (Å²) >= 11 is 0. The number of hydrogen-bond donors (Lipinski definition) is 1. The third-order valence-corrected chi connectivity index (χ3v) is 2.26. The highest BCUT2D eigenvalue weighted by atomic mass is 16.5. The summed E-state index contributed by atoms with van der Waals surface area (Å²) in [5.41, 5.74) is 1.21. The normalized spacial score (nSPS) is 11.2. The van der Waals surface area contributed by atoms with Crippen LogP contribution in [0.25, 0.3) is 0 Å². The first-order valence-electron chi connectivity index (χ1n) is 6.07. The van der Waals surface area contributed by atoms with Crippen molar-refractivity contribution in [2.45, 2.75) is 40.3 Å². The standard InChI is InChI=1S/C13H23NO2/c1-4-6-14-8-12-5-7-16-13(12)10-15-9-11(2)3/h5,7,11,14H,4,6,8-10H2,1-3H3. The number of nitrogens with one attached hydrogen (secondary N) is 1. The van der Waals surface area contributed by atoms with Gasteiger partial charge in [0.2, 0.25) is 0 Å². The van der Waals surface area contributed by atoms with Gasteiger partial charge in [0.15, 0.2) is 0 Å². The van der Waals surface area contributed by atoms with Crippen LogP contribution in [-0.4, -0.2) is 13.2 Å². The molecule has 1 aromatic rings. The van der Waals surface area contributed by atoms with Gasteiger partial charge < -0.3 is 14.5 Å². The molecule has 0 saturated carbocycles. The molecule has 16 heavy (non-hydrogen) atoms. The van der Waals surface area contributed by atoms with E-state index < -0.39 is 0 Å². The number of ether oxygens (including phenoxy) is 1. The van der Waals surface area contributed by atoms with Crippen LogP contribution in [-0.2, 0) is 17.9 Å². The first-order valence-corrected chi connectivity index (χ1v) is 6.07. The van der Waals surface area contributed by atoms with Crippen molar-refractivity contribution in [2.24, 2.45) is 5.92 Å². The molecule has 0 aliphatic carbocycles. The van der Waals surface area contributed by atoms with E-state index >= 15 is 0 Å². The van der Waals surface area contributed by atoms with Crippen molar-refractivity contribution in [1.29, 1.82) is 0 Å². The SMILES string of the molecule is CCCNCc1ccoc1COCC(C)C. The van der Waals surface area contributed by atoms with Crippen LogP contribution in [0.15, 0.2) is 16.7 Å². The van der Waals surface area contributed by atoms with Gasteiger partial charge in [-0.3, -0.25) is 0 Å². The molecule has 3 nitrogen and oxygen atoms in total. The molecule has 1 rings (SSSR count). The van der Waals surface area contributed by atoms with Crippen molar-refractivity contribution in [3.8, 4) is 0 Å². The zero-order chi connectivity index (χ0) is 11.8. The lowest BCUT2D eigenvalue weighted by Gasteiger charge is -2.07. The highest BCUT2D eigenvalue weighted by Gasteiger charge is 2.06. The summed E-state index contributed by atoms with van der Waals surface area (Å²) in [4.78, 5) is 0. The van der Waals surface area contributed by atoms with Gasteiger partial charge >= 0.3 is 0 Å². The summed E-state index contributed by atoms with van der Waals surface area (Å²) in [5.74, 6) is 1.51. The minimum atomic E-state index is 0.566. The fourth-order valence-corrected chi connectivity index (χ4v) is 1.44. The minimum absolute atomic E-state index is 0.566. The van der Waals surface area contributed by atoms with Crippen molar-refractivity contribution < 1.29 is 9.15 Å². The first kappa shape index (κ1) is 13.3. The summed E-state index contributed by atoms with van der Waals surface area (Å²) in [6.45, 7) is 9.71. The Bertz CT molecular complexity index is 281. The molecule has 0 aliphatic rings. The van der Waals surface area contributed by atoms with Gasteiger partial charge in [-0.15, -0.1) is 0 Å². The molecule has 1 aromatic heterocycles. The Morgan fingerprint density at radius 2 is 2.25 bits per heavy atom. The molecule has 0 radical (unpaired) electrons. The Kier molecular flexibility index (Phi) is 6.19. The van der Waals surface area contributed by atoms with E-state index in [0.29, 0.717) is 12.5 Å². The molecule has 0 aliphatic heterocycles. The maximum absolute atomic E-state index is 5.56. The molecule has 1 heterocycles. The molecular formula is C13H23NO2. The minimum Gasteiger partial charge on any atom is -0.467 e. The molecular weight excluding hydrogens is 202 g/mol. The van der Waals surface area contributed by atoms with Crippen molar-refractivity contribution in [1.82, 2.24) is 5.32 Å². The average Bonchev–Trinajstić information content (AvgIpc) is 2.66. The predicted octanol–water partition coefficient (Wildman–Crippen LogP) is 2.95. The summed E-state index contributed by atoms with van der Waals surface area (Å²) in [6, 6.07) is 2.01. The molecule has 0 atom stereocenters. The second-order valence-corrected chi connectivity index (χ2v) is 4.45. The quantitative estimate of drug-likeness (QED) is 0.691. The fourth-order valence-electron chi connectivity index (χ4n) is 1.44. The van der Waals surface area contributed by atoms with Crippen LogP contribution in [0.3, 0.4) is 0 Å². The summed E-state index contributed by atoms with van der Waals surface area (Å²) in [6.07, 6.45) is 2.88. The molecule has 0 saturated heterocycles. The highest BCUT2D eigenvalue weighted by Crippen LogP contribution is 2.12. The Hall–Kier alpha value is -0.800. The number of furan rings is 1. The van der Waals surface area contributed by atoms with Gasteiger partial charge in [-0.1, -0.05) is 20.8 Å².